The molecule has 1 saturated heterocycles. The van der Waals surface area contributed by atoms with Crippen LogP contribution in [0, 0.1) is 0 Å². The first-order chi connectivity index (χ1) is 9.02. The lowest BCUT2D eigenvalue weighted by molar-refractivity contribution is -0.147. The predicted molar refractivity (Wildman–Crippen MR) is 65.8 cm³/mol. The Morgan fingerprint density at radius 1 is 1.42 bits per heavy atom. The van der Waals surface area contributed by atoms with Gasteiger partial charge in [-0.05, 0) is 12.1 Å². The summed E-state index contributed by atoms with van der Waals surface area (Å²) in [4.78, 5) is 24.5. The van der Waals surface area contributed by atoms with Gasteiger partial charge in [-0.15, -0.1) is 0 Å². The standard InChI is InChI=1S/C12H14N2O5/c13-8-3-1-2-7(10(8)15)11(16)14-4-5-19-6-9(14)12(17)18/h1-3,9,15H,4-6,13H2,(H,17,18). The molecule has 1 aromatic rings. The third-order valence-electron chi connectivity index (χ3n) is 2.97. The number of carboxylic acids is 1. The highest BCUT2D eigenvalue weighted by Crippen LogP contribution is 2.26. The number of nitrogen functional groups attached to an aromatic ring is 1. The number of benzene rings is 1. The molecule has 0 aromatic heterocycles. The van der Waals surface area contributed by atoms with Crippen molar-refractivity contribution in [1.82, 2.24) is 4.90 Å². The quantitative estimate of drug-likeness (QED) is 0.509. The Kier molecular flexibility index (Phi) is 3.57. The Morgan fingerprint density at radius 2 is 2.16 bits per heavy atom. The Hall–Kier alpha value is -2.28. The van der Waals surface area contributed by atoms with Crippen molar-refractivity contribution in [2.75, 3.05) is 25.5 Å². The van der Waals surface area contributed by atoms with Crippen LogP contribution in [-0.4, -0.2) is 52.8 Å². The number of rotatable bonds is 2. The number of carboxylic acid groups (broad SMARTS) is 1. The molecule has 1 aliphatic heterocycles. The van der Waals surface area contributed by atoms with Crippen LogP contribution in [0.1, 0.15) is 10.4 Å². The number of aromatic hydroxyl groups is 1. The van der Waals surface area contributed by atoms with E-state index in [0.717, 1.165) is 0 Å². The number of anilines is 1. The number of morpholine rings is 1. The number of carbonyl (C=O) groups is 2. The number of phenols is 1. The van der Waals surface area contributed by atoms with E-state index in [2.05, 4.69) is 0 Å². The van der Waals surface area contributed by atoms with Gasteiger partial charge in [0.2, 0.25) is 0 Å². The lowest BCUT2D eigenvalue weighted by Crippen LogP contribution is -2.52. The van der Waals surface area contributed by atoms with Gasteiger partial charge in [0.05, 0.1) is 24.5 Å². The van der Waals surface area contributed by atoms with E-state index in [0.29, 0.717) is 0 Å². The van der Waals surface area contributed by atoms with Gasteiger partial charge in [-0.3, -0.25) is 4.79 Å². The maximum Gasteiger partial charge on any atom is 0.328 e. The Labute approximate surface area is 109 Å². The van der Waals surface area contributed by atoms with E-state index in [1.54, 1.807) is 0 Å². The minimum absolute atomic E-state index is 0.00634. The molecule has 1 fully saturated rings. The zero-order chi connectivity index (χ0) is 14.0. The molecule has 2 rings (SSSR count). The fourth-order valence-corrected chi connectivity index (χ4v) is 1.94. The molecule has 4 N–H and O–H groups in total. The summed E-state index contributed by atoms with van der Waals surface area (Å²) >= 11 is 0. The molecule has 7 heteroatoms. The van der Waals surface area contributed by atoms with E-state index in [4.69, 9.17) is 15.6 Å². The second-order valence-electron chi connectivity index (χ2n) is 4.17. The topological polar surface area (TPSA) is 113 Å². The van der Waals surface area contributed by atoms with Gasteiger partial charge in [0.15, 0.2) is 11.8 Å². The normalized spacial score (nSPS) is 19.2. The molecule has 0 saturated carbocycles. The first kappa shape index (κ1) is 13.2. The van der Waals surface area contributed by atoms with Crippen molar-refractivity contribution in [2.24, 2.45) is 0 Å². The molecule has 102 valence electrons. The minimum atomic E-state index is -1.14. The molecular formula is C12H14N2O5. The largest absolute Gasteiger partial charge is 0.505 e. The molecule has 1 aromatic carbocycles. The molecule has 1 unspecified atom stereocenters. The van der Waals surface area contributed by atoms with Crippen molar-refractivity contribution in [2.45, 2.75) is 6.04 Å². The number of amides is 1. The number of hydrogen-bond acceptors (Lipinski definition) is 5. The average molecular weight is 266 g/mol. The average Bonchev–Trinajstić information content (AvgIpc) is 2.41. The summed E-state index contributed by atoms with van der Waals surface area (Å²) in [5.74, 6) is -2.04. The number of phenolic OH excluding ortho intramolecular Hbond substituents is 1. The molecule has 1 aliphatic rings. The second-order valence-corrected chi connectivity index (χ2v) is 4.17. The van der Waals surface area contributed by atoms with E-state index in [1.165, 1.54) is 23.1 Å². The van der Waals surface area contributed by atoms with E-state index >= 15 is 0 Å². The van der Waals surface area contributed by atoms with E-state index < -0.39 is 17.9 Å². The Balaban J connectivity index is 2.31. The summed E-state index contributed by atoms with van der Waals surface area (Å²) < 4.78 is 5.05. The van der Waals surface area contributed by atoms with Gasteiger partial charge in [-0.25, -0.2) is 4.79 Å². The molecule has 7 nitrogen and oxygen atoms in total. The van der Waals surface area contributed by atoms with Gasteiger partial charge in [-0.2, -0.15) is 0 Å². The minimum Gasteiger partial charge on any atom is -0.505 e. The molecule has 0 spiro atoms. The van der Waals surface area contributed by atoms with Gasteiger partial charge < -0.3 is 25.6 Å². The van der Waals surface area contributed by atoms with Crippen LogP contribution in [0.3, 0.4) is 0 Å². The van der Waals surface area contributed by atoms with Gasteiger partial charge in [-0.1, -0.05) is 6.07 Å². The highest BCUT2D eigenvalue weighted by atomic mass is 16.5. The molecule has 19 heavy (non-hydrogen) atoms. The SMILES string of the molecule is Nc1cccc(C(=O)N2CCOCC2C(=O)O)c1O. The van der Waals surface area contributed by atoms with Gasteiger partial charge in [0.25, 0.3) is 5.91 Å². The number of nitrogens with two attached hydrogens (primary N) is 1. The fraction of sp³-hybridized carbons (Fsp3) is 0.333. The van der Waals surface area contributed by atoms with Crippen molar-refractivity contribution in [3.63, 3.8) is 0 Å². The summed E-state index contributed by atoms with van der Waals surface area (Å²) in [6.45, 7) is 0.354. The number of nitrogens with zero attached hydrogens (tertiary/aromatic N) is 1. The van der Waals surface area contributed by atoms with E-state index in [-0.39, 0.29) is 36.8 Å². The van der Waals surface area contributed by atoms with Crippen LogP contribution in [0.5, 0.6) is 5.75 Å². The third-order valence-corrected chi connectivity index (χ3v) is 2.97. The Bertz CT molecular complexity index is 517. The summed E-state index contributed by atoms with van der Waals surface area (Å²) in [5, 5.41) is 18.8. The summed E-state index contributed by atoms with van der Waals surface area (Å²) in [6.07, 6.45) is 0. The maximum atomic E-state index is 12.3. The van der Waals surface area contributed by atoms with Crippen LogP contribution in [0.4, 0.5) is 5.69 Å². The van der Waals surface area contributed by atoms with E-state index in [9.17, 15) is 14.7 Å². The Morgan fingerprint density at radius 3 is 2.84 bits per heavy atom. The summed E-state index contributed by atoms with van der Waals surface area (Å²) in [7, 11) is 0. The first-order valence-electron chi connectivity index (χ1n) is 5.71. The zero-order valence-electron chi connectivity index (χ0n) is 10.1. The van der Waals surface area contributed by atoms with Crippen molar-refractivity contribution < 1.29 is 24.5 Å². The van der Waals surface area contributed by atoms with E-state index in [1.807, 2.05) is 0 Å². The molecule has 1 atom stereocenters. The van der Waals surface area contributed by atoms with Crippen molar-refractivity contribution in [3.8, 4) is 5.75 Å². The van der Waals surface area contributed by atoms with Gasteiger partial charge in [0, 0.05) is 6.54 Å². The fourth-order valence-electron chi connectivity index (χ4n) is 1.94. The van der Waals surface area contributed by atoms with Crippen molar-refractivity contribution in [1.29, 1.82) is 0 Å². The lowest BCUT2D eigenvalue weighted by atomic mass is 10.1. The van der Waals surface area contributed by atoms with Crippen LogP contribution >= 0.6 is 0 Å². The van der Waals surface area contributed by atoms with Gasteiger partial charge in [0.1, 0.15) is 0 Å². The number of para-hydroxylation sites is 1. The molecule has 0 bridgehead atoms. The van der Waals surface area contributed by atoms with Crippen LogP contribution in [0.2, 0.25) is 0 Å². The number of carbonyl (C=O) groups excluding carboxylic acids is 1. The van der Waals surface area contributed by atoms with Crippen molar-refractivity contribution >= 4 is 17.6 Å². The zero-order valence-corrected chi connectivity index (χ0v) is 10.1. The highest BCUT2D eigenvalue weighted by molar-refractivity contribution is 6.00. The van der Waals surface area contributed by atoms with Crippen LogP contribution in [-0.2, 0) is 9.53 Å². The smallest absolute Gasteiger partial charge is 0.328 e. The molecule has 1 amide bonds. The lowest BCUT2D eigenvalue weighted by Gasteiger charge is -2.33. The van der Waals surface area contributed by atoms with Crippen LogP contribution in [0.25, 0.3) is 0 Å². The monoisotopic (exact) mass is 266 g/mol. The third kappa shape index (κ3) is 2.45. The number of aliphatic carboxylic acids is 1. The van der Waals surface area contributed by atoms with Gasteiger partial charge >= 0.3 is 5.97 Å². The summed E-state index contributed by atoms with van der Waals surface area (Å²) in [6, 6.07) is 3.34. The molecule has 0 aliphatic carbocycles. The van der Waals surface area contributed by atoms with Crippen LogP contribution < -0.4 is 5.73 Å². The number of hydrogen-bond donors (Lipinski definition) is 3. The predicted octanol–water partition coefficient (Wildman–Crippen LogP) is -0.100. The maximum absolute atomic E-state index is 12.3. The summed E-state index contributed by atoms with van der Waals surface area (Å²) in [5.41, 5.74) is 5.59. The molecule has 1 heterocycles. The van der Waals surface area contributed by atoms with Crippen molar-refractivity contribution in [3.05, 3.63) is 23.8 Å². The second kappa shape index (κ2) is 5.15. The van der Waals surface area contributed by atoms with Crippen LogP contribution in [0.15, 0.2) is 18.2 Å². The number of ether oxygens (including phenoxy) is 1. The highest BCUT2D eigenvalue weighted by Gasteiger charge is 2.34. The molecular weight excluding hydrogens is 252 g/mol. The molecule has 0 radical (unpaired) electrons. The first-order valence-corrected chi connectivity index (χ1v) is 5.71.